The normalized spacial score (nSPS) is 24.9. The minimum atomic E-state index is -0.599. The lowest BCUT2D eigenvalue weighted by atomic mass is 9.84. The molecule has 2 nitrogen and oxygen atoms in total. The van der Waals surface area contributed by atoms with Crippen LogP contribution in [0.25, 0.3) is 0 Å². The van der Waals surface area contributed by atoms with Crippen LogP contribution in [0.3, 0.4) is 0 Å². The van der Waals surface area contributed by atoms with Gasteiger partial charge in [-0.3, -0.25) is 0 Å². The second-order valence-electron chi connectivity index (χ2n) is 2.38. The molecule has 0 amide bonds. The minimum Gasteiger partial charge on any atom is -0.381 e. The molecule has 1 heterocycles. The maximum atomic E-state index is 8.52. The molecule has 0 atom stereocenters. The largest absolute Gasteiger partial charge is 0.381 e. The number of ether oxygens (including phenoxy) is 1. The quantitative estimate of drug-likeness (QED) is 0.481. The van der Waals surface area contributed by atoms with Gasteiger partial charge in [-0.1, -0.05) is 0 Å². The van der Waals surface area contributed by atoms with Crippen LogP contribution in [-0.4, -0.2) is 13.2 Å². The van der Waals surface area contributed by atoms with Crippen molar-refractivity contribution in [2.45, 2.75) is 12.8 Å². The Balaban J connectivity index is 2.49. The SMILES string of the molecule is [CH]C1(C#N)CCOCC1. The van der Waals surface area contributed by atoms with E-state index >= 15 is 0 Å². The van der Waals surface area contributed by atoms with Crippen molar-refractivity contribution in [3.63, 3.8) is 0 Å². The number of rotatable bonds is 0. The lowest BCUT2D eigenvalue weighted by molar-refractivity contribution is 0.0571. The molecule has 0 aliphatic carbocycles. The summed E-state index contributed by atoms with van der Waals surface area (Å²) in [5.74, 6) is 0. The van der Waals surface area contributed by atoms with Crippen LogP contribution >= 0.6 is 0 Å². The van der Waals surface area contributed by atoms with E-state index in [1.165, 1.54) is 0 Å². The topological polar surface area (TPSA) is 33.0 Å². The summed E-state index contributed by atoms with van der Waals surface area (Å²) in [6.07, 6.45) is 1.34. The van der Waals surface area contributed by atoms with E-state index in [0.29, 0.717) is 26.1 Å². The lowest BCUT2D eigenvalue weighted by Gasteiger charge is -2.25. The van der Waals surface area contributed by atoms with Crippen molar-refractivity contribution < 1.29 is 4.74 Å². The van der Waals surface area contributed by atoms with Crippen molar-refractivity contribution in [3.8, 4) is 6.07 Å². The molecule has 0 spiro atoms. The number of nitriles is 1. The van der Waals surface area contributed by atoms with E-state index in [9.17, 15) is 0 Å². The molecule has 1 rings (SSSR count). The smallest absolute Gasteiger partial charge is 0.0694 e. The highest BCUT2D eigenvalue weighted by atomic mass is 16.5. The van der Waals surface area contributed by atoms with E-state index in [4.69, 9.17) is 16.9 Å². The first-order chi connectivity index (χ1) is 4.27. The van der Waals surface area contributed by atoms with Gasteiger partial charge in [-0.25, -0.2) is 0 Å². The molecule has 2 radical (unpaired) electrons. The van der Waals surface area contributed by atoms with Crippen molar-refractivity contribution in [1.29, 1.82) is 5.26 Å². The van der Waals surface area contributed by atoms with Gasteiger partial charge in [0.05, 0.1) is 11.5 Å². The van der Waals surface area contributed by atoms with E-state index in [1.54, 1.807) is 0 Å². The van der Waals surface area contributed by atoms with E-state index in [1.807, 2.05) is 0 Å². The molecule has 0 unspecified atom stereocenters. The Morgan fingerprint density at radius 2 is 2.00 bits per heavy atom. The second-order valence-corrected chi connectivity index (χ2v) is 2.38. The van der Waals surface area contributed by atoms with Crippen molar-refractivity contribution >= 4 is 0 Å². The molecule has 0 bridgehead atoms. The van der Waals surface area contributed by atoms with Gasteiger partial charge in [0.2, 0.25) is 0 Å². The van der Waals surface area contributed by atoms with Crippen LogP contribution in [0, 0.1) is 23.7 Å². The number of nitrogens with zero attached hydrogens (tertiary/aromatic N) is 1. The maximum Gasteiger partial charge on any atom is 0.0694 e. The third-order valence-corrected chi connectivity index (χ3v) is 1.61. The molecule has 0 aromatic carbocycles. The summed E-state index contributed by atoms with van der Waals surface area (Å²) in [5, 5.41) is 8.52. The van der Waals surface area contributed by atoms with Gasteiger partial charge in [-0.2, -0.15) is 5.26 Å². The Morgan fingerprint density at radius 1 is 1.44 bits per heavy atom. The highest BCUT2D eigenvalue weighted by molar-refractivity contribution is 5.01. The molecule has 1 saturated heterocycles. The Morgan fingerprint density at radius 3 is 2.33 bits per heavy atom. The third kappa shape index (κ3) is 1.43. The van der Waals surface area contributed by atoms with Gasteiger partial charge in [-0.05, 0) is 19.8 Å². The average Bonchev–Trinajstić information content (AvgIpc) is 1.90. The minimum absolute atomic E-state index is 0.599. The van der Waals surface area contributed by atoms with Crippen LogP contribution in [0.4, 0.5) is 0 Å². The maximum absolute atomic E-state index is 8.52. The van der Waals surface area contributed by atoms with Crippen molar-refractivity contribution in [2.75, 3.05) is 13.2 Å². The first-order valence-corrected chi connectivity index (χ1v) is 3.05. The molecule has 2 heteroatoms. The van der Waals surface area contributed by atoms with E-state index in [0.717, 1.165) is 0 Å². The Labute approximate surface area is 55.4 Å². The summed E-state index contributed by atoms with van der Waals surface area (Å²) in [5.41, 5.74) is -0.599. The Hall–Kier alpha value is -0.550. The molecule has 1 aliphatic heterocycles. The zero-order chi connectivity index (χ0) is 6.74. The van der Waals surface area contributed by atoms with Crippen molar-refractivity contribution in [3.05, 3.63) is 6.92 Å². The predicted octanol–water partition coefficient (Wildman–Crippen LogP) is 1.02. The molecule has 1 aliphatic rings. The predicted molar refractivity (Wildman–Crippen MR) is 32.4 cm³/mol. The Bertz CT molecular complexity index is 130. The molecule has 1 fully saturated rings. The number of hydrogen-bond donors (Lipinski definition) is 0. The van der Waals surface area contributed by atoms with Crippen LogP contribution in [-0.2, 0) is 4.74 Å². The summed E-state index contributed by atoms with van der Waals surface area (Å²) in [6, 6.07) is 2.08. The van der Waals surface area contributed by atoms with Gasteiger partial charge in [0, 0.05) is 13.2 Å². The van der Waals surface area contributed by atoms with Gasteiger partial charge in [0.25, 0.3) is 0 Å². The summed E-state index contributed by atoms with van der Waals surface area (Å²) in [6.45, 7) is 6.88. The molecule has 0 aromatic heterocycles. The zero-order valence-corrected chi connectivity index (χ0v) is 5.26. The van der Waals surface area contributed by atoms with Gasteiger partial charge in [-0.15, -0.1) is 0 Å². The molecule has 0 aromatic rings. The summed E-state index contributed by atoms with van der Waals surface area (Å²) in [7, 11) is 0. The summed E-state index contributed by atoms with van der Waals surface area (Å²) >= 11 is 0. The highest BCUT2D eigenvalue weighted by Crippen LogP contribution is 2.27. The van der Waals surface area contributed by atoms with Gasteiger partial charge in [0.15, 0.2) is 0 Å². The molecule has 0 N–H and O–H groups in total. The average molecular weight is 123 g/mol. The second kappa shape index (κ2) is 2.36. The van der Waals surface area contributed by atoms with Gasteiger partial charge < -0.3 is 4.74 Å². The summed E-state index contributed by atoms with van der Waals surface area (Å²) in [4.78, 5) is 0. The molecule has 0 saturated carbocycles. The molecule has 48 valence electrons. The van der Waals surface area contributed by atoms with E-state index in [2.05, 4.69) is 6.07 Å². The van der Waals surface area contributed by atoms with Crippen LogP contribution in [0.2, 0.25) is 0 Å². The first-order valence-electron chi connectivity index (χ1n) is 3.05. The van der Waals surface area contributed by atoms with Gasteiger partial charge in [0.1, 0.15) is 0 Å². The molecular weight excluding hydrogens is 114 g/mol. The monoisotopic (exact) mass is 123 g/mol. The fraction of sp³-hybridized carbons (Fsp3) is 0.714. The summed E-state index contributed by atoms with van der Waals surface area (Å²) < 4.78 is 5.04. The lowest BCUT2D eigenvalue weighted by Crippen LogP contribution is -2.24. The molecular formula is C7H9NO. The fourth-order valence-electron chi connectivity index (χ4n) is 0.847. The standard InChI is InChI=1S/C7H9NO/c1-7(6-8)2-4-9-5-3-7/h1H,2-5H2. The van der Waals surface area contributed by atoms with Crippen LogP contribution < -0.4 is 0 Å². The van der Waals surface area contributed by atoms with E-state index in [-0.39, 0.29) is 0 Å². The zero-order valence-electron chi connectivity index (χ0n) is 5.26. The van der Waals surface area contributed by atoms with Crippen molar-refractivity contribution in [2.24, 2.45) is 5.41 Å². The molecule has 9 heavy (non-hydrogen) atoms. The highest BCUT2D eigenvalue weighted by Gasteiger charge is 2.26. The Kier molecular flexibility index (Phi) is 1.73. The van der Waals surface area contributed by atoms with E-state index < -0.39 is 5.41 Å². The third-order valence-electron chi connectivity index (χ3n) is 1.61. The number of hydrogen-bond acceptors (Lipinski definition) is 2. The van der Waals surface area contributed by atoms with Crippen LogP contribution in [0.1, 0.15) is 12.8 Å². The first kappa shape index (κ1) is 6.57. The van der Waals surface area contributed by atoms with Gasteiger partial charge >= 0.3 is 0 Å². The fourth-order valence-corrected chi connectivity index (χ4v) is 0.847. The van der Waals surface area contributed by atoms with Crippen LogP contribution in [0.5, 0.6) is 0 Å². The van der Waals surface area contributed by atoms with Crippen molar-refractivity contribution in [1.82, 2.24) is 0 Å². The van der Waals surface area contributed by atoms with Crippen LogP contribution in [0.15, 0.2) is 0 Å².